The maximum atomic E-state index is 11.2. The molecule has 0 unspecified atom stereocenters. The Hall–Kier alpha value is -0.200. The van der Waals surface area contributed by atoms with Gasteiger partial charge in [-0.3, -0.25) is 0 Å². The molecule has 182 valence electrons. The highest BCUT2D eigenvalue weighted by Crippen LogP contribution is 2.71. The van der Waals surface area contributed by atoms with E-state index in [1.807, 2.05) is 6.92 Å². The van der Waals surface area contributed by atoms with Crippen molar-refractivity contribution >= 4 is 0 Å². The zero-order valence-corrected chi connectivity index (χ0v) is 20.4. The second-order valence-electron chi connectivity index (χ2n) is 13.5. The molecule has 2 saturated heterocycles. The Balaban J connectivity index is 1.26. The molecule has 6 rings (SSSR count). The quantitative estimate of drug-likeness (QED) is 0.524. The molecule has 4 aliphatic carbocycles. The van der Waals surface area contributed by atoms with Crippen LogP contribution in [0.2, 0.25) is 0 Å². The van der Waals surface area contributed by atoms with Crippen molar-refractivity contribution < 1.29 is 24.8 Å². The molecule has 6 aliphatic rings. The van der Waals surface area contributed by atoms with Gasteiger partial charge in [0.15, 0.2) is 5.79 Å². The standard InChI is InChI=1S/C27H44O5/c1-15-23-21(32-27(15)10-9-24(2,30)14-31-27)13-20-18-6-5-16-11-17(28)12-22(29)26(16,4)19(18)7-8-25(20,23)3/h15-23,28-30H,5-14H2,1-4H3/t15-,16+,17+,18+,19-,20+,21-,22+,23-,24+,25+,26+,27+/m0/s1. The molecular weight excluding hydrogens is 404 g/mol. The fourth-order valence-corrected chi connectivity index (χ4v) is 10.3. The van der Waals surface area contributed by atoms with Crippen molar-refractivity contribution in [1.82, 2.24) is 0 Å². The number of fused-ring (bicyclic) bond motifs is 7. The lowest BCUT2D eigenvalue weighted by atomic mass is 9.43. The van der Waals surface area contributed by atoms with Gasteiger partial charge in [0.2, 0.25) is 0 Å². The first kappa shape index (κ1) is 22.3. The lowest BCUT2D eigenvalue weighted by Crippen LogP contribution is -2.59. The van der Waals surface area contributed by atoms with Crippen molar-refractivity contribution in [3.05, 3.63) is 0 Å². The first-order valence-electron chi connectivity index (χ1n) is 13.4. The van der Waals surface area contributed by atoms with Crippen LogP contribution < -0.4 is 0 Å². The predicted octanol–water partition coefficient (Wildman–Crippen LogP) is 3.88. The molecule has 0 aromatic rings. The SMILES string of the molecule is C[C@H]1[C@H]2[C@H](C[C@@H]3[C@@H]4CC[C@@H]5C[C@@H](O)C[C@@H](O)[C@@]5(C)[C@H]4CC[C@@]23C)O[C@]12CC[C@@](C)(O)CO2. The molecule has 0 bridgehead atoms. The van der Waals surface area contributed by atoms with Gasteiger partial charge in [0, 0.05) is 12.3 Å². The first-order valence-corrected chi connectivity index (χ1v) is 13.4. The summed E-state index contributed by atoms with van der Waals surface area (Å²) in [6.07, 6.45) is 8.39. The Morgan fingerprint density at radius 3 is 2.38 bits per heavy atom. The Morgan fingerprint density at radius 2 is 1.66 bits per heavy atom. The van der Waals surface area contributed by atoms with Crippen LogP contribution in [0.1, 0.15) is 85.5 Å². The van der Waals surface area contributed by atoms with Crippen LogP contribution in [0.25, 0.3) is 0 Å². The van der Waals surface area contributed by atoms with E-state index in [4.69, 9.17) is 9.47 Å². The zero-order valence-electron chi connectivity index (χ0n) is 20.4. The van der Waals surface area contributed by atoms with Crippen LogP contribution in [0, 0.1) is 46.3 Å². The minimum absolute atomic E-state index is 0.0487. The van der Waals surface area contributed by atoms with Crippen LogP contribution in [0.15, 0.2) is 0 Å². The third-order valence-corrected chi connectivity index (χ3v) is 12.0. The average molecular weight is 449 g/mol. The van der Waals surface area contributed by atoms with E-state index < -0.39 is 11.4 Å². The molecule has 13 atom stereocenters. The van der Waals surface area contributed by atoms with E-state index >= 15 is 0 Å². The molecule has 0 aromatic heterocycles. The van der Waals surface area contributed by atoms with Crippen molar-refractivity contribution in [1.29, 1.82) is 0 Å². The van der Waals surface area contributed by atoms with E-state index in [-0.39, 0.29) is 29.1 Å². The number of aliphatic hydroxyl groups excluding tert-OH is 2. The molecule has 0 aromatic carbocycles. The largest absolute Gasteiger partial charge is 0.393 e. The van der Waals surface area contributed by atoms with Crippen molar-refractivity contribution in [3.63, 3.8) is 0 Å². The van der Waals surface area contributed by atoms with E-state index in [1.54, 1.807) is 0 Å². The van der Waals surface area contributed by atoms with Gasteiger partial charge in [-0.25, -0.2) is 0 Å². The number of hydrogen-bond acceptors (Lipinski definition) is 5. The van der Waals surface area contributed by atoms with Gasteiger partial charge in [0.05, 0.1) is 30.5 Å². The van der Waals surface area contributed by atoms with Crippen LogP contribution in [0.3, 0.4) is 0 Å². The average Bonchev–Trinajstić information content (AvgIpc) is 3.17. The maximum Gasteiger partial charge on any atom is 0.171 e. The molecule has 3 N–H and O–H groups in total. The topological polar surface area (TPSA) is 79.2 Å². The lowest BCUT2D eigenvalue weighted by Gasteiger charge is -2.62. The number of ether oxygens (including phenoxy) is 2. The van der Waals surface area contributed by atoms with Gasteiger partial charge in [-0.05, 0) is 98.7 Å². The summed E-state index contributed by atoms with van der Waals surface area (Å²) in [5, 5.41) is 31.9. The molecule has 32 heavy (non-hydrogen) atoms. The molecular formula is C27H44O5. The summed E-state index contributed by atoms with van der Waals surface area (Å²) in [4.78, 5) is 0. The normalized spacial score (nSPS) is 64.0. The van der Waals surface area contributed by atoms with E-state index in [1.165, 1.54) is 19.3 Å². The van der Waals surface area contributed by atoms with E-state index in [9.17, 15) is 15.3 Å². The molecule has 0 amide bonds. The fraction of sp³-hybridized carbons (Fsp3) is 1.00. The molecule has 6 fully saturated rings. The summed E-state index contributed by atoms with van der Waals surface area (Å²) in [6, 6.07) is 0. The van der Waals surface area contributed by atoms with Crippen LogP contribution in [-0.2, 0) is 9.47 Å². The monoisotopic (exact) mass is 448 g/mol. The summed E-state index contributed by atoms with van der Waals surface area (Å²) in [5.41, 5.74) is -0.521. The highest BCUT2D eigenvalue weighted by Gasteiger charge is 2.70. The number of rotatable bonds is 0. The van der Waals surface area contributed by atoms with Crippen LogP contribution in [-0.4, -0.2) is 51.6 Å². The Bertz CT molecular complexity index is 757. The van der Waals surface area contributed by atoms with Crippen molar-refractivity contribution in [2.24, 2.45) is 46.3 Å². The molecule has 2 heterocycles. The van der Waals surface area contributed by atoms with Gasteiger partial charge in [0.1, 0.15) is 0 Å². The summed E-state index contributed by atoms with van der Waals surface area (Å²) < 4.78 is 13.1. The maximum absolute atomic E-state index is 11.2. The van der Waals surface area contributed by atoms with Crippen LogP contribution in [0.5, 0.6) is 0 Å². The molecule has 5 heteroatoms. The van der Waals surface area contributed by atoms with Crippen molar-refractivity contribution in [2.75, 3.05) is 6.61 Å². The van der Waals surface area contributed by atoms with E-state index in [0.717, 1.165) is 32.1 Å². The molecule has 4 saturated carbocycles. The Labute approximate surface area is 193 Å². The minimum Gasteiger partial charge on any atom is -0.393 e. The minimum atomic E-state index is -0.737. The van der Waals surface area contributed by atoms with Crippen molar-refractivity contribution in [3.8, 4) is 0 Å². The lowest BCUT2D eigenvalue weighted by molar-refractivity contribution is -0.294. The highest BCUT2D eigenvalue weighted by atomic mass is 16.7. The number of aliphatic hydroxyl groups is 3. The van der Waals surface area contributed by atoms with Crippen molar-refractivity contribution in [2.45, 2.75) is 115 Å². The van der Waals surface area contributed by atoms with Gasteiger partial charge < -0.3 is 24.8 Å². The second-order valence-corrected chi connectivity index (χ2v) is 13.5. The summed E-state index contributed by atoms with van der Waals surface area (Å²) in [6.45, 7) is 9.46. The van der Waals surface area contributed by atoms with Gasteiger partial charge >= 0.3 is 0 Å². The Kier molecular flexibility index (Phi) is 4.83. The molecule has 0 radical (unpaired) electrons. The summed E-state index contributed by atoms with van der Waals surface area (Å²) in [7, 11) is 0. The molecule has 1 spiro atoms. The van der Waals surface area contributed by atoms with E-state index in [2.05, 4.69) is 20.8 Å². The van der Waals surface area contributed by atoms with Crippen LogP contribution in [0.4, 0.5) is 0 Å². The third-order valence-electron chi connectivity index (χ3n) is 12.0. The second kappa shape index (κ2) is 6.94. The van der Waals surface area contributed by atoms with Gasteiger partial charge in [-0.2, -0.15) is 0 Å². The number of hydrogen-bond donors (Lipinski definition) is 3. The molecule has 5 nitrogen and oxygen atoms in total. The zero-order chi connectivity index (χ0) is 22.7. The van der Waals surface area contributed by atoms with Gasteiger partial charge in [-0.1, -0.05) is 20.8 Å². The highest BCUT2D eigenvalue weighted by molar-refractivity contribution is 5.16. The van der Waals surface area contributed by atoms with E-state index in [0.29, 0.717) is 48.5 Å². The van der Waals surface area contributed by atoms with Gasteiger partial charge in [-0.15, -0.1) is 0 Å². The predicted molar refractivity (Wildman–Crippen MR) is 121 cm³/mol. The smallest absolute Gasteiger partial charge is 0.171 e. The van der Waals surface area contributed by atoms with Gasteiger partial charge in [0.25, 0.3) is 0 Å². The first-order chi connectivity index (χ1) is 15.0. The summed E-state index contributed by atoms with van der Waals surface area (Å²) in [5.74, 6) is 2.67. The third kappa shape index (κ3) is 2.81. The van der Waals surface area contributed by atoms with Crippen LogP contribution >= 0.6 is 0 Å². The molecule has 2 aliphatic heterocycles. The Morgan fingerprint density at radius 1 is 0.875 bits per heavy atom. The fourth-order valence-electron chi connectivity index (χ4n) is 10.3. The summed E-state index contributed by atoms with van der Waals surface area (Å²) >= 11 is 0.